The van der Waals surface area contributed by atoms with Crippen molar-refractivity contribution in [2.24, 2.45) is 0 Å². The number of sulfone groups is 1. The highest BCUT2D eigenvalue weighted by Crippen LogP contribution is 2.38. The lowest BCUT2D eigenvalue weighted by atomic mass is 10.1. The van der Waals surface area contributed by atoms with Gasteiger partial charge in [-0.1, -0.05) is 6.07 Å². The molecule has 0 amide bonds. The molecule has 7 nitrogen and oxygen atoms in total. The number of methoxy groups -OCH3 is 2. The van der Waals surface area contributed by atoms with Gasteiger partial charge in [-0.2, -0.15) is 0 Å². The van der Waals surface area contributed by atoms with Crippen molar-refractivity contribution >= 4 is 9.84 Å². The molecule has 1 fully saturated rings. The van der Waals surface area contributed by atoms with Crippen LogP contribution < -0.4 is 9.47 Å². The highest BCUT2D eigenvalue weighted by molar-refractivity contribution is 7.91. The number of benzene rings is 1. The highest BCUT2D eigenvalue weighted by atomic mass is 32.2. The number of rotatable bonds is 4. The lowest BCUT2D eigenvalue weighted by molar-refractivity contribution is 0.154. The molecule has 0 unspecified atom stereocenters. The summed E-state index contributed by atoms with van der Waals surface area (Å²) in [5.41, 5.74) is 0.674. The van der Waals surface area contributed by atoms with Crippen LogP contribution >= 0.6 is 0 Å². The minimum absolute atomic E-state index is 0.107. The third kappa shape index (κ3) is 2.79. The normalized spacial score (nSPS) is 22.9. The molecule has 3 rings (SSSR count). The van der Waals surface area contributed by atoms with Crippen molar-refractivity contribution in [3.63, 3.8) is 0 Å². The van der Waals surface area contributed by atoms with Gasteiger partial charge in [0, 0.05) is 12.4 Å². The second-order valence-corrected chi connectivity index (χ2v) is 7.56. The van der Waals surface area contributed by atoms with Crippen LogP contribution in [0.3, 0.4) is 0 Å². The number of hydrogen-bond donors (Lipinski definition) is 1. The Morgan fingerprint density at radius 1 is 1.26 bits per heavy atom. The van der Waals surface area contributed by atoms with E-state index in [1.807, 2.05) is 6.07 Å². The van der Waals surface area contributed by atoms with E-state index in [0.29, 0.717) is 22.9 Å². The Balaban J connectivity index is 2.09. The summed E-state index contributed by atoms with van der Waals surface area (Å²) < 4.78 is 36.0. The molecule has 1 aliphatic heterocycles. The zero-order valence-electron chi connectivity index (χ0n) is 12.8. The van der Waals surface area contributed by atoms with E-state index in [-0.39, 0.29) is 11.5 Å². The molecule has 0 bridgehead atoms. The summed E-state index contributed by atoms with van der Waals surface area (Å²) in [6.07, 6.45) is 2.29. The van der Waals surface area contributed by atoms with Gasteiger partial charge in [0.15, 0.2) is 21.3 Å². The molecule has 1 saturated heterocycles. The Kier molecular flexibility index (Phi) is 4.03. The SMILES string of the molecule is COc1cccc(-c2nccn2[C@@H]2CS(=O)(=O)C[C@H]2O)c1OC. The summed E-state index contributed by atoms with van der Waals surface area (Å²) >= 11 is 0. The maximum absolute atomic E-state index is 11.8. The van der Waals surface area contributed by atoms with Crippen LogP contribution in [0, 0.1) is 0 Å². The lowest BCUT2D eigenvalue weighted by Crippen LogP contribution is -2.22. The zero-order chi connectivity index (χ0) is 16.6. The quantitative estimate of drug-likeness (QED) is 0.891. The maximum atomic E-state index is 11.8. The fraction of sp³-hybridized carbons (Fsp3) is 0.400. The molecule has 0 saturated carbocycles. The van der Waals surface area contributed by atoms with Gasteiger partial charge in [-0.3, -0.25) is 0 Å². The van der Waals surface area contributed by atoms with Crippen LogP contribution in [0.2, 0.25) is 0 Å². The van der Waals surface area contributed by atoms with Gasteiger partial charge in [-0.05, 0) is 12.1 Å². The first-order valence-corrected chi connectivity index (χ1v) is 8.91. The molecular formula is C15H18N2O5S. The molecule has 0 spiro atoms. The van der Waals surface area contributed by atoms with Gasteiger partial charge < -0.3 is 19.1 Å². The summed E-state index contributed by atoms with van der Waals surface area (Å²) in [5.74, 6) is 1.26. The van der Waals surface area contributed by atoms with Gasteiger partial charge in [0.2, 0.25) is 0 Å². The minimum Gasteiger partial charge on any atom is -0.493 e. The molecule has 23 heavy (non-hydrogen) atoms. The van der Waals surface area contributed by atoms with Crippen molar-refractivity contribution in [3.8, 4) is 22.9 Å². The fourth-order valence-corrected chi connectivity index (χ4v) is 4.71. The zero-order valence-corrected chi connectivity index (χ0v) is 13.7. The van der Waals surface area contributed by atoms with E-state index in [9.17, 15) is 13.5 Å². The van der Waals surface area contributed by atoms with Crippen LogP contribution in [0.5, 0.6) is 11.5 Å². The van der Waals surface area contributed by atoms with Gasteiger partial charge in [0.1, 0.15) is 5.82 Å². The van der Waals surface area contributed by atoms with E-state index in [1.54, 1.807) is 36.2 Å². The summed E-state index contributed by atoms with van der Waals surface area (Å²) in [5, 5.41) is 10.1. The van der Waals surface area contributed by atoms with Crippen molar-refractivity contribution in [1.82, 2.24) is 9.55 Å². The monoisotopic (exact) mass is 338 g/mol. The summed E-state index contributed by atoms with van der Waals surface area (Å²) in [6.45, 7) is 0. The summed E-state index contributed by atoms with van der Waals surface area (Å²) in [4.78, 5) is 4.32. The van der Waals surface area contributed by atoms with E-state index in [2.05, 4.69) is 4.98 Å². The smallest absolute Gasteiger partial charge is 0.171 e. The number of aromatic nitrogens is 2. The predicted molar refractivity (Wildman–Crippen MR) is 84.5 cm³/mol. The van der Waals surface area contributed by atoms with Crippen LogP contribution in [-0.2, 0) is 9.84 Å². The number of hydrogen-bond acceptors (Lipinski definition) is 6. The third-order valence-electron chi connectivity index (χ3n) is 3.96. The van der Waals surface area contributed by atoms with Gasteiger partial charge in [0.25, 0.3) is 0 Å². The molecule has 2 atom stereocenters. The first kappa shape index (κ1) is 15.8. The van der Waals surface area contributed by atoms with Crippen molar-refractivity contribution < 1.29 is 23.0 Å². The molecule has 1 aromatic heterocycles. The highest BCUT2D eigenvalue weighted by Gasteiger charge is 2.38. The van der Waals surface area contributed by atoms with Crippen molar-refractivity contribution in [3.05, 3.63) is 30.6 Å². The number of nitrogens with zero attached hydrogens (tertiary/aromatic N) is 2. The van der Waals surface area contributed by atoms with Crippen LogP contribution in [0.1, 0.15) is 6.04 Å². The first-order chi connectivity index (χ1) is 11.0. The minimum atomic E-state index is -3.25. The lowest BCUT2D eigenvalue weighted by Gasteiger charge is -2.19. The van der Waals surface area contributed by atoms with Crippen molar-refractivity contribution in [2.45, 2.75) is 12.1 Å². The van der Waals surface area contributed by atoms with Crippen LogP contribution in [0.25, 0.3) is 11.4 Å². The Hall–Kier alpha value is -2.06. The Bertz CT molecular complexity index is 815. The van der Waals surface area contributed by atoms with Crippen molar-refractivity contribution in [1.29, 1.82) is 0 Å². The molecule has 1 aliphatic rings. The van der Waals surface area contributed by atoms with E-state index >= 15 is 0 Å². The number of ether oxygens (including phenoxy) is 2. The average Bonchev–Trinajstić information content (AvgIpc) is 3.09. The van der Waals surface area contributed by atoms with Crippen LogP contribution in [-0.4, -0.2) is 54.9 Å². The van der Waals surface area contributed by atoms with E-state index in [1.165, 1.54) is 7.11 Å². The third-order valence-corrected chi connectivity index (χ3v) is 5.66. The molecule has 0 radical (unpaired) electrons. The number of para-hydroxylation sites is 1. The first-order valence-electron chi connectivity index (χ1n) is 7.09. The summed E-state index contributed by atoms with van der Waals surface area (Å²) in [7, 11) is -0.178. The van der Waals surface area contributed by atoms with Crippen LogP contribution in [0.15, 0.2) is 30.6 Å². The molecule has 1 N–H and O–H groups in total. The molecule has 1 aromatic carbocycles. The Morgan fingerprint density at radius 3 is 2.65 bits per heavy atom. The average molecular weight is 338 g/mol. The molecular weight excluding hydrogens is 320 g/mol. The molecule has 124 valence electrons. The van der Waals surface area contributed by atoms with Gasteiger partial charge >= 0.3 is 0 Å². The van der Waals surface area contributed by atoms with Gasteiger partial charge in [0.05, 0.1) is 43.4 Å². The Morgan fingerprint density at radius 2 is 2.04 bits per heavy atom. The van der Waals surface area contributed by atoms with E-state index in [4.69, 9.17) is 9.47 Å². The number of aliphatic hydroxyl groups is 1. The van der Waals surface area contributed by atoms with E-state index in [0.717, 1.165) is 0 Å². The number of aliphatic hydroxyl groups excluding tert-OH is 1. The van der Waals surface area contributed by atoms with Crippen LogP contribution in [0.4, 0.5) is 0 Å². The van der Waals surface area contributed by atoms with Gasteiger partial charge in [-0.15, -0.1) is 0 Å². The van der Waals surface area contributed by atoms with Gasteiger partial charge in [-0.25, -0.2) is 13.4 Å². The second kappa shape index (κ2) is 5.86. The van der Waals surface area contributed by atoms with E-state index < -0.39 is 22.0 Å². The predicted octanol–water partition coefficient (Wildman–Crippen LogP) is 0.898. The summed E-state index contributed by atoms with van der Waals surface area (Å²) in [6, 6.07) is 4.83. The largest absolute Gasteiger partial charge is 0.493 e. The Labute approximate surface area is 134 Å². The molecule has 2 aromatic rings. The maximum Gasteiger partial charge on any atom is 0.171 e. The topological polar surface area (TPSA) is 90.7 Å². The van der Waals surface area contributed by atoms with Crippen molar-refractivity contribution in [2.75, 3.05) is 25.7 Å². The number of imidazole rings is 1. The fourth-order valence-electron chi connectivity index (χ4n) is 2.93. The second-order valence-electron chi connectivity index (χ2n) is 5.41. The molecule has 2 heterocycles. The molecule has 0 aliphatic carbocycles. The standard InChI is InChI=1S/C15H18N2O5S/c1-21-13-5-3-4-10(14(13)22-2)15-16-6-7-17(15)11-8-23(19,20)9-12(11)18/h3-7,11-12,18H,8-9H2,1-2H3/t11-,12-/m1/s1. The molecule has 8 heteroatoms.